The van der Waals surface area contributed by atoms with Gasteiger partial charge >= 0.3 is 0 Å². The molecule has 5 heteroatoms. The van der Waals surface area contributed by atoms with Gasteiger partial charge in [0.05, 0.1) is 13.7 Å². The van der Waals surface area contributed by atoms with Crippen LogP contribution < -0.4 is 10.1 Å². The largest absolute Gasteiger partial charge is 0.494 e. The first-order valence-corrected chi connectivity index (χ1v) is 6.01. The number of methoxy groups -OCH3 is 1. The van der Waals surface area contributed by atoms with E-state index in [9.17, 15) is 4.39 Å². The summed E-state index contributed by atoms with van der Waals surface area (Å²) in [4.78, 5) is 0. The lowest BCUT2D eigenvalue weighted by Gasteiger charge is -2.18. The van der Waals surface area contributed by atoms with Gasteiger partial charge in [-0.2, -0.15) is 0 Å². The van der Waals surface area contributed by atoms with Gasteiger partial charge in [0.15, 0.2) is 17.9 Å². The molecule has 0 heterocycles. The minimum Gasteiger partial charge on any atom is -0.494 e. The smallest absolute Gasteiger partial charge is 0.174 e. The van der Waals surface area contributed by atoms with E-state index in [-0.39, 0.29) is 12.0 Å². The Bertz CT molecular complexity index is 354. The SMILES string of the molecule is CCOC(CNc1ccc(OC)c(F)c1)OCC. The van der Waals surface area contributed by atoms with E-state index < -0.39 is 5.82 Å². The highest BCUT2D eigenvalue weighted by Crippen LogP contribution is 2.20. The predicted octanol–water partition coefficient (Wildman–Crippen LogP) is 2.65. The zero-order valence-electron chi connectivity index (χ0n) is 11.0. The highest BCUT2D eigenvalue weighted by Gasteiger charge is 2.08. The minimum atomic E-state index is -0.396. The van der Waals surface area contributed by atoms with Crippen LogP contribution in [-0.4, -0.2) is 33.2 Å². The lowest BCUT2D eigenvalue weighted by Crippen LogP contribution is -2.26. The van der Waals surface area contributed by atoms with Gasteiger partial charge in [0, 0.05) is 25.0 Å². The summed E-state index contributed by atoms with van der Waals surface area (Å²) in [6.45, 7) is 5.41. The Labute approximate surface area is 107 Å². The molecule has 0 atom stereocenters. The zero-order valence-corrected chi connectivity index (χ0v) is 11.0. The van der Waals surface area contributed by atoms with Gasteiger partial charge in [-0.05, 0) is 26.0 Å². The van der Waals surface area contributed by atoms with Crippen molar-refractivity contribution in [3.8, 4) is 5.75 Å². The van der Waals surface area contributed by atoms with Gasteiger partial charge in [-0.3, -0.25) is 0 Å². The average Bonchev–Trinajstić information content (AvgIpc) is 2.36. The standard InChI is InChI=1S/C13H20FNO3/c1-4-17-13(18-5-2)9-15-10-6-7-12(16-3)11(14)8-10/h6-8,13,15H,4-5,9H2,1-3H3. The Hall–Kier alpha value is -1.33. The molecule has 0 bridgehead atoms. The van der Waals surface area contributed by atoms with Crippen molar-refractivity contribution >= 4 is 5.69 Å². The Balaban J connectivity index is 2.53. The average molecular weight is 257 g/mol. The van der Waals surface area contributed by atoms with Crippen LogP contribution in [0.3, 0.4) is 0 Å². The summed E-state index contributed by atoms with van der Waals surface area (Å²) < 4.78 is 29.0. The third kappa shape index (κ3) is 4.50. The van der Waals surface area contributed by atoms with Crippen molar-refractivity contribution in [1.29, 1.82) is 0 Å². The second kappa shape index (κ2) is 7.89. The molecule has 0 aromatic heterocycles. The number of hydrogen-bond donors (Lipinski definition) is 1. The second-order valence-electron chi connectivity index (χ2n) is 3.57. The number of halogens is 1. The van der Waals surface area contributed by atoms with E-state index in [2.05, 4.69) is 5.32 Å². The normalized spacial score (nSPS) is 10.7. The molecular weight excluding hydrogens is 237 g/mol. The minimum absolute atomic E-state index is 0.228. The molecule has 0 fully saturated rings. The lowest BCUT2D eigenvalue weighted by atomic mass is 10.3. The van der Waals surface area contributed by atoms with Gasteiger partial charge in [-0.25, -0.2) is 4.39 Å². The maximum absolute atomic E-state index is 13.4. The van der Waals surface area contributed by atoms with Gasteiger partial charge in [-0.15, -0.1) is 0 Å². The maximum atomic E-state index is 13.4. The van der Waals surface area contributed by atoms with Crippen molar-refractivity contribution in [2.45, 2.75) is 20.1 Å². The highest BCUT2D eigenvalue weighted by molar-refractivity contribution is 5.47. The van der Waals surface area contributed by atoms with Crippen LogP contribution >= 0.6 is 0 Å². The molecule has 0 saturated carbocycles. The van der Waals surface area contributed by atoms with Crippen molar-refractivity contribution in [2.75, 3.05) is 32.2 Å². The van der Waals surface area contributed by atoms with Crippen LogP contribution in [0.15, 0.2) is 18.2 Å². The van der Waals surface area contributed by atoms with Gasteiger partial charge in [0.2, 0.25) is 0 Å². The van der Waals surface area contributed by atoms with Crippen LogP contribution in [0.1, 0.15) is 13.8 Å². The van der Waals surface area contributed by atoms with Crippen molar-refractivity contribution in [3.63, 3.8) is 0 Å². The topological polar surface area (TPSA) is 39.7 Å². The lowest BCUT2D eigenvalue weighted by molar-refractivity contribution is -0.126. The molecule has 1 aromatic rings. The molecule has 4 nitrogen and oxygen atoms in total. The van der Waals surface area contributed by atoms with Gasteiger partial charge < -0.3 is 19.5 Å². The van der Waals surface area contributed by atoms with Crippen molar-refractivity contribution in [2.24, 2.45) is 0 Å². The summed E-state index contributed by atoms with van der Waals surface area (Å²) in [6.07, 6.45) is -0.329. The molecule has 0 spiro atoms. The molecular formula is C13H20FNO3. The molecule has 0 aliphatic heterocycles. The van der Waals surface area contributed by atoms with Gasteiger partial charge in [-0.1, -0.05) is 0 Å². The summed E-state index contributed by atoms with van der Waals surface area (Å²) in [5.74, 6) is -0.168. The quantitative estimate of drug-likeness (QED) is 0.727. The molecule has 0 radical (unpaired) electrons. The number of ether oxygens (including phenoxy) is 3. The van der Waals surface area contributed by atoms with Crippen LogP contribution in [0.25, 0.3) is 0 Å². The molecule has 1 N–H and O–H groups in total. The Morgan fingerprint density at radius 3 is 2.39 bits per heavy atom. The first-order chi connectivity index (χ1) is 8.71. The summed E-state index contributed by atoms with van der Waals surface area (Å²) in [7, 11) is 1.44. The molecule has 102 valence electrons. The fourth-order valence-corrected chi connectivity index (χ4v) is 1.52. The van der Waals surface area contributed by atoms with E-state index in [1.54, 1.807) is 12.1 Å². The van der Waals surface area contributed by atoms with Crippen molar-refractivity contribution in [1.82, 2.24) is 0 Å². The number of nitrogens with one attached hydrogen (secondary N) is 1. The van der Waals surface area contributed by atoms with Crippen LogP contribution in [-0.2, 0) is 9.47 Å². The summed E-state index contributed by atoms with van der Waals surface area (Å²) in [5, 5.41) is 3.06. The molecule has 0 unspecified atom stereocenters. The summed E-state index contributed by atoms with van der Waals surface area (Å²) in [5.41, 5.74) is 0.665. The molecule has 0 aliphatic carbocycles. The molecule has 0 aliphatic rings. The van der Waals surface area contributed by atoms with Gasteiger partial charge in [0.25, 0.3) is 0 Å². The summed E-state index contributed by atoms with van der Waals surface area (Å²) >= 11 is 0. The molecule has 18 heavy (non-hydrogen) atoms. The zero-order chi connectivity index (χ0) is 13.4. The van der Waals surface area contributed by atoms with Crippen molar-refractivity contribution < 1.29 is 18.6 Å². The molecule has 1 rings (SSSR count). The van der Waals surface area contributed by atoms with E-state index in [0.29, 0.717) is 25.4 Å². The van der Waals surface area contributed by atoms with Crippen molar-refractivity contribution in [3.05, 3.63) is 24.0 Å². The van der Waals surface area contributed by atoms with E-state index >= 15 is 0 Å². The van der Waals surface area contributed by atoms with Crippen LogP contribution in [0.2, 0.25) is 0 Å². The van der Waals surface area contributed by atoms with Crippen LogP contribution in [0, 0.1) is 5.82 Å². The predicted molar refractivity (Wildman–Crippen MR) is 68.5 cm³/mol. The van der Waals surface area contributed by atoms with E-state index in [1.165, 1.54) is 13.2 Å². The third-order valence-electron chi connectivity index (χ3n) is 2.33. The number of benzene rings is 1. The number of anilines is 1. The second-order valence-corrected chi connectivity index (χ2v) is 3.57. The van der Waals surface area contributed by atoms with Gasteiger partial charge in [0.1, 0.15) is 0 Å². The number of rotatable bonds is 8. The van der Waals surface area contributed by atoms with E-state index in [0.717, 1.165) is 0 Å². The first kappa shape index (κ1) is 14.7. The van der Waals surface area contributed by atoms with E-state index in [4.69, 9.17) is 14.2 Å². The van der Waals surface area contributed by atoms with Crippen LogP contribution in [0.5, 0.6) is 5.75 Å². The fraction of sp³-hybridized carbons (Fsp3) is 0.538. The number of hydrogen-bond acceptors (Lipinski definition) is 4. The maximum Gasteiger partial charge on any atom is 0.174 e. The molecule has 1 aromatic carbocycles. The Morgan fingerprint density at radius 2 is 1.89 bits per heavy atom. The third-order valence-corrected chi connectivity index (χ3v) is 2.33. The van der Waals surface area contributed by atoms with E-state index in [1.807, 2.05) is 13.8 Å². The van der Waals surface area contributed by atoms with Crippen LogP contribution in [0.4, 0.5) is 10.1 Å². The first-order valence-electron chi connectivity index (χ1n) is 6.01. The molecule has 0 amide bonds. The Kier molecular flexibility index (Phi) is 6.46. The highest BCUT2D eigenvalue weighted by atomic mass is 19.1. The fourth-order valence-electron chi connectivity index (χ4n) is 1.52. The Morgan fingerprint density at radius 1 is 1.22 bits per heavy atom. The monoisotopic (exact) mass is 257 g/mol. The summed E-state index contributed by atoms with van der Waals surface area (Å²) in [6, 6.07) is 4.71. The molecule has 0 saturated heterocycles.